The molecule has 0 radical (unpaired) electrons. The van der Waals surface area contributed by atoms with Crippen LogP contribution >= 0.6 is 0 Å². The van der Waals surface area contributed by atoms with Gasteiger partial charge in [-0.3, -0.25) is 4.79 Å². The van der Waals surface area contributed by atoms with Crippen LogP contribution in [0.2, 0.25) is 0 Å². The maximum Gasteiger partial charge on any atom is 0.261 e. The van der Waals surface area contributed by atoms with E-state index in [0.29, 0.717) is 24.5 Å². The van der Waals surface area contributed by atoms with Crippen LogP contribution in [0.3, 0.4) is 0 Å². The van der Waals surface area contributed by atoms with Crippen LogP contribution in [0, 0.1) is 0 Å². The van der Waals surface area contributed by atoms with Gasteiger partial charge in [-0.2, -0.15) is 0 Å². The number of ether oxygens (including phenoxy) is 2. The Balaban J connectivity index is 1.44. The zero-order valence-corrected chi connectivity index (χ0v) is 16.1. The summed E-state index contributed by atoms with van der Waals surface area (Å²) in [6.07, 6.45) is 2.14. The largest absolute Gasteiger partial charge is 0.497 e. The lowest BCUT2D eigenvalue weighted by atomic mass is 10.2. The van der Waals surface area contributed by atoms with Gasteiger partial charge in [0.05, 0.1) is 7.11 Å². The average molecular weight is 368 g/mol. The first-order valence-corrected chi connectivity index (χ1v) is 9.62. The molecule has 0 saturated heterocycles. The molecule has 0 saturated carbocycles. The van der Waals surface area contributed by atoms with Crippen molar-refractivity contribution in [2.24, 2.45) is 0 Å². The zero-order valence-electron chi connectivity index (χ0n) is 16.1. The molecular formula is C22H28N2O3. The van der Waals surface area contributed by atoms with Gasteiger partial charge in [-0.1, -0.05) is 31.2 Å². The molecule has 0 fully saturated rings. The van der Waals surface area contributed by atoms with E-state index in [1.165, 1.54) is 11.3 Å². The second kappa shape index (κ2) is 9.31. The van der Waals surface area contributed by atoms with Gasteiger partial charge in [0.25, 0.3) is 5.91 Å². The first-order valence-electron chi connectivity index (χ1n) is 9.62. The lowest BCUT2D eigenvalue weighted by Gasteiger charge is -2.20. The first kappa shape index (κ1) is 19.1. The fraction of sp³-hybridized carbons (Fsp3) is 0.409. The SMILES string of the molecule is CC[C@H](Oc1cccc(OC)c1)C(=O)NCCCN1CCc2ccccc21. The second-order valence-corrected chi connectivity index (χ2v) is 6.70. The van der Waals surface area contributed by atoms with Crippen LogP contribution < -0.4 is 19.7 Å². The Labute approximate surface area is 161 Å². The number of rotatable bonds is 9. The molecule has 0 bridgehead atoms. The third-order valence-electron chi connectivity index (χ3n) is 4.87. The van der Waals surface area contributed by atoms with Crippen LogP contribution in [0.1, 0.15) is 25.3 Å². The van der Waals surface area contributed by atoms with Crippen molar-refractivity contribution in [1.29, 1.82) is 0 Å². The molecule has 0 aromatic heterocycles. The van der Waals surface area contributed by atoms with Gasteiger partial charge >= 0.3 is 0 Å². The molecule has 1 aliphatic heterocycles. The Morgan fingerprint density at radius 2 is 2.00 bits per heavy atom. The zero-order chi connectivity index (χ0) is 19.1. The van der Waals surface area contributed by atoms with Crippen LogP contribution in [-0.2, 0) is 11.2 Å². The number of anilines is 1. The molecule has 0 spiro atoms. The molecule has 2 aromatic rings. The van der Waals surface area contributed by atoms with Gasteiger partial charge in [0.1, 0.15) is 11.5 Å². The number of hydrogen-bond donors (Lipinski definition) is 1. The molecule has 27 heavy (non-hydrogen) atoms. The number of carbonyl (C=O) groups is 1. The highest BCUT2D eigenvalue weighted by molar-refractivity contribution is 5.81. The molecule has 5 heteroatoms. The van der Waals surface area contributed by atoms with Crippen molar-refractivity contribution < 1.29 is 14.3 Å². The van der Waals surface area contributed by atoms with Gasteiger partial charge in [0.2, 0.25) is 0 Å². The van der Waals surface area contributed by atoms with Crippen molar-refractivity contribution in [2.45, 2.75) is 32.3 Å². The molecule has 5 nitrogen and oxygen atoms in total. The highest BCUT2D eigenvalue weighted by Crippen LogP contribution is 2.27. The molecule has 0 unspecified atom stereocenters. The third-order valence-corrected chi connectivity index (χ3v) is 4.87. The van der Waals surface area contributed by atoms with Crippen molar-refractivity contribution in [1.82, 2.24) is 5.32 Å². The molecule has 2 aromatic carbocycles. The van der Waals surface area contributed by atoms with Gasteiger partial charge in [-0.25, -0.2) is 0 Å². The average Bonchev–Trinajstić information content (AvgIpc) is 3.12. The van der Waals surface area contributed by atoms with E-state index in [2.05, 4.69) is 34.5 Å². The van der Waals surface area contributed by atoms with Crippen molar-refractivity contribution in [3.05, 3.63) is 54.1 Å². The lowest BCUT2D eigenvalue weighted by molar-refractivity contribution is -0.128. The summed E-state index contributed by atoms with van der Waals surface area (Å²) in [6, 6.07) is 15.9. The van der Waals surface area contributed by atoms with E-state index in [1.807, 2.05) is 25.1 Å². The monoisotopic (exact) mass is 368 g/mol. The van der Waals surface area contributed by atoms with Crippen LogP contribution in [0.15, 0.2) is 48.5 Å². The third kappa shape index (κ3) is 4.94. The Bertz CT molecular complexity index is 763. The summed E-state index contributed by atoms with van der Waals surface area (Å²) in [6.45, 7) is 4.61. The summed E-state index contributed by atoms with van der Waals surface area (Å²) in [5, 5.41) is 3.01. The van der Waals surface area contributed by atoms with Gasteiger partial charge in [-0.15, -0.1) is 0 Å². The van der Waals surface area contributed by atoms with Gasteiger partial charge in [-0.05, 0) is 43.0 Å². The molecule has 1 amide bonds. The second-order valence-electron chi connectivity index (χ2n) is 6.70. The van der Waals surface area contributed by atoms with E-state index in [0.717, 1.165) is 25.9 Å². The number of methoxy groups -OCH3 is 1. The maximum absolute atomic E-state index is 12.4. The Kier molecular flexibility index (Phi) is 6.58. The van der Waals surface area contributed by atoms with E-state index >= 15 is 0 Å². The molecule has 3 rings (SSSR count). The van der Waals surface area contributed by atoms with E-state index in [4.69, 9.17) is 9.47 Å². The van der Waals surface area contributed by atoms with Crippen LogP contribution in [0.5, 0.6) is 11.5 Å². The summed E-state index contributed by atoms with van der Waals surface area (Å²) in [7, 11) is 1.61. The first-order chi connectivity index (χ1) is 13.2. The summed E-state index contributed by atoms with van der Waals surface area (Å²) in [5.41, 5.74) is 2.75. The number of nitrogens with one attached hydrogen (secondary N) is 1. The van der Waals surface area contributed by atoms with Crippen molar-refractivity contribution in [3.63, 3.8) is 0 Å². The molecule has 1 N–H and O–H groups in total. The number of fused-ring (bicyclic) bond motifs is 1. The highest BCUT2D eigenvalue weighted by Gasteiger charge is 2.20. The van der Waals surface area contributed by atoms with E-state index in [9.17, 15) is 4.79 Å². The number of para-hydroxylation sites is 1. The maximum atomic E-state index is 12.4. The van der Waals surface area contributed by atoms with Crippen LogP contribution in [0.25, 0.3) is 0 Å². The molecule has 0 aliphatic carbocycles. The molecule has 1 atom stereocenters. The standard InChI is InChI=1S/C22H28N2O3/c1-3-21(27-19-10-6-9-18(16-19)26-2)22(25)23-13-7-14-24-15-12-17-8-4-5-11-20(17)24/h4-6,8-11,16,21H,3,7,12-15H2,1-2H3,(H,23,25)/t21-/m0/s1. The summed E-state index contributed by atoms with van der Waals surface area (Å²) in [4.78, 5) is 14.8. The molecule has 144 valence electrons. The van der Waals surface area contributed by atoms with Gasteiger partial charge < -0.3 is 19.7 Å². The number of hydrogen-bond acceptors (Lipinski definition) is 4. The van der Waals surface area contributed by atoms with Crippen molar-refractivity contribution >= 4 is 11.6 Å². The molecule has 1 aliphatic rings. The quantitative estimate of drug-likeness (QED) is 0.689. The minimum Gasteiger partial charge on any atom is -0.497 e. The van der Waals surface area contributed by atoms with E-state index in [1.54, 1.807) is 13.2 Å². The van der Waals surface area contributed by atoms with Gasteiger partial charge in [0.15, 0.2) is 6.10 Å². The van der Waals surface area contributed by atoms with Crippen LogP contribution in [-0.4, -0.2) is 38.8 Å². The normalized spacial score (nSPS) is 13.8. The minimum atomic E-state index is -0.496. The minimum absolute atomic E-state index is 0.0675. The number of benzene rings is 2. The van der Waals surface area contributed by atoms with E-state index < -0.39 is 6.10 Å². The number of amides is 1. The fourth-order valence-corrected chi connectivity index (χ4v) is 3.40. The highest BCUT2D eigenvalue weighted by atomic mass is 16.5. The van der Waals surface area contributed by atoms with Gasteiger partial charge in [0, 0.05) is 31.4 Å². The predicted molar refractivity (Wildman–Crippen MR) is 108 cm³/mol. The number of carbonyl (C=O) groups excluding carboxylic acids is 1. The Morgan fingerprint density at radius 3 is 2.81 bits per heavy atom. The Morgan fingerprint density at radius 1 is 1.19 bits per heavy atom. The summed E-state index contributed by atoms with van der Waals surface area (Å²) < 4.78 is 11.0. The molecule has 1 heterocycles. The van der Waals surface area contributed by atoms with Crippen LogP contribution in [0.4, 0.5) is 5.69 Å². The van der Waals surface area contributed by atoms with E-state index in [-0.39, 0.29) is 5.91 Å². The molecular weight excluding hydrogens is 340 g/mol. The smallest absolute Gasteiger partial charge is 0.261 e. The Hall–Kier alpha value is -2.69. The topological polar surface area (TPSA) is 50.8 Å². The fourth-order valence-electron chi connectivity index (χ4n) is 3.40. The number of nitrogens with zero attached hydrogens (tertiary/aromatic N) is 1. The summed E-state index contributed by atoms with van der Waals surface area (Å²) in [5.74, 6) is 1.29. The predicted octanol–water partition coefficient (Wildman–Crippen LogP) is 3.42. The van der Waals surface area contributed by atoms with Crippen molar-refractivity contribution in [2.75, 3.05) is 31.6 Å². The summed E-state index contributed by atoms with van der Waals surface area (Å²) >= 11 is 0. The van der Waals surface area contributed by atoms with Crippen molar-refractivity contribution in [3.8, 4) is 11.5 Å². The lowest BCUT2D eigenvalue weighted by Crippen LogP contribution is -2.39.